The number of carbonyl (C=O) groups excluding carboxylic acids is 1. The van der Waals surface area contributed by atoms with E-state index in [1.807, 2.05) is 6.08 Å². The Labute approximate surface area is 135 Å². The topological polar surface area (TPSA) is 96.3 Å². The van der Waals surface area contributed by atoms with Gasteiger partial charge in [0.1, 0.15) is 0 Å². The van der Waals surface area contributed by atoms with Crippen LogP contribution >= 0.6 is 0 Å². The van der Waals surface area contributed by atoms with Crippen LogP contribution in [0.5, 0.6) is 0 Å². The van der Waals surface area contributed by atoms with Gasteiger partial charge in [0.15, 0.2) is 0 Å². The molecule has 0 atom stereocenters. The van der Waals surface area contributed by atoms with Crippen LogP contribution in [0, 0.1) is 10.1 Å². The fourth-order valence-corrected chi connectivity index (χ4v) is 2.97. The van der Waals surface area contributed by atoms with Gasteiger partial charge in [-0.05, 0) is 39.8 Å². The lowest BCUT2D eigenvalue weighted by Gasteiger charge is -2.41. The third-order valence-corrected chi connectivity index (χ3v) is 3.48. The van der Waals surface area contributed by atoms with Crippen molar-refractivity contribution in [3.63, 3.8) is 0 Å². The lowest BCUT2D eigenvalue weighted by Crippen LogP contribution is -2.56. The Morgan fingerprint density at radius 1 is 1.30 bits per heavy atom. The second-order valence-electron chi connectivity index (χ2n) is 6.96. The summed E-state index contributed by atoms with van der Waals surface area (Å²) >= 11 is 0. The molecule has 124 valence electrons. The highest BCUT2D eigenvalue weighted by atomic mass is 16.6. The van der Waals surface area contributed by atoms with Crippen LogP contribution in [-0.4, -0.2) is 21.9 Å². The van der Waals surface area contributed by atoms with Gasteiger partial charge in [-0.1, -0.05) is 6.07 Å². The number of hydrogen-bond donors (Lipinski definition) is 3. The molecule has 0 saturated heterocycles. The van der Waals surface area contributed by atoms with Crippen LogP contribution in [0.4, 0.5) is 5.69 Å². The molecule has 23 heavy (non-hydrogen) atoms. The number of carbonyl (C=O) groups is 1. The Hall–Kier alpha value is -2.41. The van der Waals surface area contributed by atoms with Crippen LogP contribution < -0.4 is 16.2 Å². The van der Waals surface area contributed by atoms with Gasteiger partial charge in [-0.25, -0.2) is 0 Å². The van der Waals surface area contributed by atoms with Gasteiger partial charge >= 0.3 is 0 Å². The Morgan fingerprint density at radius 3 is 2.61 bits per heavy atom. The second-order valence-corrected chi connectivity index (χ2v) is 6.96. The first-order chi connectivity index (χ1) is 10.6. The second kappa shape index (κ2) is 6.00. The molecular weight excluding hydrogens is 296 g/mol. The molecule has 1 aliphatic heterocycles. The highest BCUT2D eigenvalue weighted by Gasteiger charge is 2.32. The van der Waals surface area contributed by atoms with Crippen molar-refractivity contribution in [3.05, 3.63) is 51.7 Å². The summed E-state index contributed by atoms with van der Waals surface area (Å²) in [5, 5.41) is 14.3. The van der Waals surface area contributed by atoms with Crippen LogP contribution in [-0.2, 0) is 0 Å². The van der Waals surface area contributed by atoms with E-state index in [0.29, 0.717) is 0 Å². The molecule has 0 radical (unpaired) electrons. The third kappa shape index (κ3) is 4.53. The van der Waals surface area contributed by atoms with Crippen molar-refractivity contribution in [1.82, 2.24) is 16.2 Å². The summed E-state index contributed by atoms with van der Waals surface area (Å²) in [5.41, 5.74) is 6.27. The number of non-ortho nitro benzene ring substituents is 1. The molecule has 7 nitrogen and oxygen atoms in total. The van der Waals surface area contributed by atoms with Crippen molar-refractivity contribution in [2.45, 2.75) is 45.2 Å². The Bertz CT molecular complexity index is 665. The Balaban J connectivity index is 2.06. The summed E-state index contributed by atoms with van der Waals surface area (Å²) in [7, 11) is 0. The molecule has 1 heterocycles. The predicted octanol–water partition coefficient (Wildman–Crippen LogP) is 2.26. The lowest BCUT2D eigenvalue weighted by atomic mass is 9.86. The van der Waals surface area contributed by atoms with Crippen molar-refractivity contribution in [3.8, 4) is 0 Å². The summed E-state index contributed by atoms with van der Waals surface area (Å²) in [5.74, 6) is -0.413. The van der Waals surface area contributed by atoms with Gasteiger partial charge in [0, 0.05) is 40.9 Å². The van der Waals surface area contributed by atoms with Gasteiger partial charge in [0.05, 0.1) is 4.92 Å². The molecule has 7 heteroatoms. The number of amides is 1. The zero-order valence-corrected chi connectivity index (χ0v) is 13.8. The van der Waals surface area contributed by atoms with Crippen LogP contribution in [0.2, 0.25) is 0 Å². The van der Waals surface area contributed by atoms with E-state index in [0.717, 1.165) is 12.1 Å². The SMILES string of the molecule is CC1(C)C=C(NNC(=O)c2cccc([N+](=O)[O-])c2)CC(C)(C)N1. The smallest absolute Gasteiger partial charge is 0.270 e. The molecule has 0 saturated carbocycles. The Morgan fingerprint density at radius 2 is 2.00 bits per heavy atom. The molecule has 0 bridgehead atoms. The first kappa shape index (κ1) is 17.0. The third-order valence-electron chi connectivity index (χ3n) is 3.48. The van der Waals surface area contributed by atoms with Crippen molar-refractivity contribution in [1.29, 1.82) is 0 Å². The maximum Gasteiger partial charge on any atom is 0.270 e. The van der Waals surface area contributed by atoms with Crippen LogP contribution in [0.25, 0.3) is 0 Å². The maximum absolute atomic E-state index is 12.1. The lowest BCUT2D eigenvalue weighted by molar-refractivity contribution is -0.384. The van der Waals surface area contributed by atoms with Crippen molar-refractivity contribution in [2.24, 2.45) is 0 Å². The van der Waals surface area contributed by atoms with Gasteiger partial charge in [-0.15, -0.1) is 0 Å². The number of rotatable bonds is 4. The molecule has 0 fully saturated rings. The molecule has 0 aliphatic carbocycles. The number of hydrogen-bond acceptors (Lipinski definition) is 5. The normalized spacial score (nSPS) is 18.7. The minimum Gasteiger partial charge on any atom is -0.303 e. The van der Waals surface area contributed by atoms with Gasteiger partial charge in [0.25, 0.3) is 11.6 Å². The molecule has 1 aliphatic rings. The zero-order chi connectivity index (χ0) is 17.3. The van der Waals surface area contributed by atoms with Crippen LogP contribution in [0.3, 0.4) is 0 Å². The fraction of sp³-hybridized carbons (Fsp3) is 0.438. The van der Waals surface area contributed by atoms with E-state index in [1.54, 1.807) is 0 Å². The van der Waals surface area contributed by atoms with Crippen molar-refractivity contribution in [2.75, 3.05) is 0 Å². The summed E-state index contributed by atoms with van der Waals surface area (Å²) in [6.45, 7) is 8.29. The number of hydrazine groups is 1. The van der Waals surface area contributed by atoms with E-state index in [2.05, 4.69) is 43.9 Å². The van der Waals surface area contributed by atoms with Crippen LogP contribution in [0.1, 0.15) is 44.5 Å². The van der Waals surface area contributed by atoms with E-state index in [-0.39, 0.29) is 22.3 Å². The van der Waals surface area contributed by atoms with Gasteiger partial charge in [-0.3, -0.25) is 20.3 Å². The van der Waals surface area contributed by atoms with E-state index < -0.39 is 10.8 Å². The minimum atomic E-state index is -0.523. The standard InChI is InChI=1S/C16H22N4O3/c1-15(2)9-12(10-16(3,4)19-15)17-18-14(21)11-6-5-7-13(8-11)20(22)23/h5-9,17,19H,10H2,1-4H3,(H,18,21). The predicted molar refractivity (Wildman–Crippen MR) is 87.7 cm³/mol. The van der Waals surface area contributed by atoms with Crippen molar-refractivity contribution < 1.29 is 9.72 Å². The maximum atomic E-state index is 12.1. The number of nitro groups is 1. The zero-order valence-electron chi connectivity index (χ0n) is 13.8. The largest absolute Gasteiger partial charge is 0.303 e. The average molecular weight is 318 g/mol. The molecule has 2 rings (SSSR count). The monoisotopic (exact) mass is 318 g/mol. The molecule has 3 N–H and O–H groups in total. The number of nitrogens with one attached hydrogen (secondary N) is 3. The van der Waals surface area contributed by atoms with E-state index >= 15 is 0 Å². The van der Waals surface area contributed by atoms with E-state index in [1.165, 1.54) is 24.3 Å². The van der Waals surface area contributed by atoms with Gasteiger partial charge in [0.2, 0.25) is 0 Å². The summed E-state index contributed by atoms with van der Waals surface area (Å²) < 4.78 is 0. The fourth-order valence-electron chi connectivity index (χ4n) is 2.97. The molecular formula is C16H22N4O3. The number of nitrogens with zero attached hydrogens (tertiary/aromatic N) is 1. The van der Waals surface area contributed by atoms with E-state index in [4.69, 9.17) is 0 Å². The summed E-state index contributed by atoms with van der Waals surface area (Å²) in [6.07, 6.45) is 2.75. The summed E-state index contributed by atoms with van der Waals surface area (Å²) in [6, 6.07) is 5.63. The van der Waals surface area contributed by atoms with Crippen molar-refractivity contribution >= 4 is 11.6 Å². The highest BCUT2D eigenvalue weighted by molar-refractivity contribution is 5.94. The highest BCUT2D eigenvalue weighted by Crippen LogP contribution is 2.25. The minimum absolute atomic E-state index is 0.100. The number of benzene rings is 1. The molecule has 0 unspecified atom stereocenters. The molecule has 1 aromatic carbocycles. The molecule has 0 aromatic heterocycles. The first-order valence-electron chi connectivity index (χ1n) is 7.40. The Kier molecular flexibility index (Phi) is 4.42. The van der Waals surface area contributed by atoms with E-state index in [9.17, 15) is 14.9 Å². The molecule has 0 spiro atoms. The van der Waals surface area contributed by atoms with Crippen LogP contribution in [0.15, 0.2) is 36.0 Å². The quantitative estimate of drug-likeness (QED) is 0.584. The van der Waals surface area contributed by atoms with Gasteiger partial charge in [-0.2, -0.15) is 0 Å². The molecule has 1 aromatic rings. The van der Waals surface area contributed by atoms with Gasteiger partial charge < -0.3 is 10.7 Å². The molecule has 1 amide bonds. The average Bonchev–Trinajstić information content (AvgIpc) is 2.41. The number of nitro benzene ring substituents is 1. The first-order valence-corrected chi connectivity index (χ1v) is 7.40. The summed E-state index contributed by atoms with van der Waals surface area (Å²) in [4.78, 5) is 22.4.